The van der Waals surface area contributed by atoms with Crippen molar-refractivity contribution in [1.82, 2.24) is 5.32 Å². The zero-order valence-electron chi connectivity index (χ0n) is 9.62. The first-order valence-electron chi connectivity index (χ1n) is 5.14. The molecule has 1 aromatic carbocycles. The van der Waals surface area contributed by atoms with Crippen LogP contribution < -0.4 is 5.32 Å². The predicted molar refractivity (Wildman–Crippen MR) is 59.8 cm³/mol. The van der Waals surface area contributed by atoms with Crippen molar-refractivity contribution in [3.8, 4) is 11.8 Å². The number of carbonyl (C=O) groups excluding carboxylic acids is 1. The first-order chi connectivity index (χ1) is 7.91. The number of amides is 1. The minimum atomic E-state index is -1.03. The van der Waals surface area contributed by atoms with Crippen LogP contribution in [0.4, 0.5) is 4.39 Å². The Kier molecular flexibility index (Phi) is 3.69. The second-order valence-corrected chi connectivity index (χ2v) is 3.92. The molecule has 2 N–H and O–H groups in total. The van der Waals surface area contributed by atoms with Gasteiger partial charge < -0.3 is 10.4 Å². The molecule has 4 nitrogen and oxygen atoms in total. The van der Waals surface area contributed by atoms with Crippen LogP contribution in [0.1, 0.15) is 30.6 Å². The molecule has 0 aromatic heterocycles. The van der Waals surface area contributed by atoms with Crippen LogP contribution in [0.15, 0.2) is 18.2 Å². The zero-order chi connectivity index (χ0) is 13.1. The summed E-state index contributed by atoms with van der Waals surface area (Å²) in [6, 6.07) is 5.20. The van der Waals surface area contributed by atoms with Crippen LogP contribution in [-0.2, 0) is 0 Å². The van der Waals surface area contributed by atoms with E-state index >= 15 is 0 Å². The number of aromatic hydroxyl groups is 1. The molecule has 0 saturated carbocycles. The lowest BCUT2D eigenvalue weighted by Gasteiger charge is -2.21. The van der Waals surface area contributed by atoms with E-state index in [0.29, 0.717) is 6.42 Å². The van der Waals surface area contributed by atoms with Crippen molar-refractivity contribution in [2.45, 2.75) is 25.8 Å². The highest BCUT2D eigenvalue weighted by Gasteiger charge is 2.25. The van der Waals surface area contributed by atoms with Crippen LogP contribution >= 0.6 is 0 Å². The molecule has 0 heterocycles. The van der Waals surface area contributed by atoms with Gasteiger partial charge in [0.2, 0.25) is 0 Å². The summed E-state index contributed by atoms with van der Waals surface area (Å²) in [6.45, 7) is 3.31. The van der Waals surface area contributed by atoms with E-state index in [2.05, 4.69) is 5.32 Å². The van der Waals surface area contributed by atoms with Crippen LogP contribution in [0.3, 0.4) is 0 Å². The molecule has 1 aromatic rings. The SMILES string of the molecule is CCC(C)(C#N)NC(=O)c1ccc(O)cc1F. The van der Waals surface area contributed by atoms with Gasteiger partial charge in [-0.3, -0.25) is 4.79 Å². The van der Waals surface area contributed by atoms with Crippen LogP contribution in [0.25, 0.3) is 0 Å². The number of halogens is 1. The summed E-state index contributed by atoms with van der Waals surface area (Å²) in [5, 5.41) is 20.4. The van der Waals surface area contributed by atoms with Crippen molar-refractivity contribution in [3.63, 3.8) is 0 Å². The van der Waals surface area contributed by atoms with Crippen LogP contribution in [0.2, 0.25) is 0 Å². The van der Waals surface area contributed by atoms with Crippen molar-refractivity contribution < 1.29 is 14.3 Å². The Bertz CT molecular complexity index is 482. The van der Waals surface area contributed by atoms with Gasteiger partial charge in [-0.25, -0.2) is 4.39 Å². The standard InChI is InChI=1S/C12H13FN2O2/c1-3-12(2,7-14)15-11(17)9-5-4-8(16)6-10(9)13/h4-6,16H,3H2,1-2H3,(H,15,17). The number of nitriles is 1. The van der Waals surface area contributed by atoms with Gasteiger partial charge in [-0.05, 0) is 25.5 Å². The Morgan fingerprint density at radius 2 is 2.29 bits per heavy atom. The summed E-state index contributed by atoms with van der Waals surface area (Å²) in [7, 11) is 0. The van der Waals surface area contributed by atoms with Gasteiger partial charge in [0, 0.05) is 6.07 Å². The molecular formula is C12H13FN2O2. The van der Waals surface area contributed by atoms with E-state index in [1.54, 1.807) is 13.8 Å². The first-order valence-corrected chi connectivity index (χ1v) is 5.14. The lowest BCUT2D eigenvalue weighted by molar-refractivity contribution is 0.0919. The van der Waals surface area contributed by atoms with Crippen molar-refractivity contribution in [3.05, 3.63) is 29.6 Å². The molecule has 17 heavy (non-hydrogen) atoms. The molecule has 1 amide bonds. The number of carbonyl (C=O) groups is 1. The summed E-state index contributed by atoms with van der Waals surface area (Å²) in [5.74, 6) is -1.75. The number of phenolic OH excluding ortho intramolecular Hbond substituents is 1. The monoisotopic (exact) mass is 236 g/mol. The molecule has 5 heteroatoms. The first kappa shape index (κ1) is 13.0. The van der Waals surface area contributed by atoms with Gasteiger partial charge in [0.15, 0.2) is 0 Å². The Morgan fingerprint density at radius 3 is 2.76 bits per heavy atom. The fourth-order valence-corrected chi connectivity index (χ4v) is 1.20. The van der Waals surface area contributed by atoms with Gasteiger partial charge in [0.1, 0.15) is 17.1 Å². The molecule has 1 rings (SSSR count). The third-order valence-electron chi connectivity index (χ3n) is 2.54. The molecule has 0 fully saturated rings. The van der Waals surface area contributed by atoms with Gasteiger partial charge in [-0.15, -0.1) is 0 Å². The molecule has 0 spiro atoms. The highest BCUT2D eigenvalue weighted by atomic mass is 19.1. The maximum absolute atomic E-state index is 13.4. The Balaban J connectivity index is 2.95. The molecule has 0 saturated heterocycles. The topological polar surface area (TPSA) is 73.1 Å². The van der Waals surface area contributed by atoms with Crippen LogP contribution in [-0.4, -0.2) is 16.6 Å². The van der Waals surface area contributed by atoms with Crippen LogP contribution in [0, 0.1) is 17.1 Å². The maximum Gasteiger partial charge on any atom is 0.255 e. The van der Waals surface area contributed by atoms with Gasteiger partial charge in [0.05, 0.1) is 11.6 Å². The highest BCUT2D eigenvalue weighted by Crippen LogP contribution is 2.16. The largest absolute Gasteiger partial charge is 0.508 e. The molecule has 1 atom stereocenters. The third kappa shape index (κ3) is 2.94. The molecule has 0 aliphatic heterocycles. The second kappa shape index (κ2) is 4.83. The average molecular weight is 236 g/mol. The van der Waals surface area contributed by atoms with E-state index in [9.17, 15) is 9.18 Å². The molecule has 0 radical (unpaired) electrons. The second-order valence-electron chi connectivity index (χ2n) is 3.92. The van der Waals surface area contributed by atoms with Gasteiger partial charge in [-0.2, -0.15) is 5.26 Å². The van der Waals surface area contributed by atoms with Gasteiger partial charge in [0.25, 0.3) is 5.91 Å². The normalized spacial score (nSPS) is 13.5. The molecule has 0 aliphatic rings. The summed E-state index contributed by atoms with van der Waals surface area (Å²) in [6.07, 6.45) is 0.412. The van der Waals surface area contributed by atoms with Gasteiger partial charge in [-0.1, -0.05) is 6.92 Å². The highest BCUT2D eigenvalue weighted by molar-refractivity contribution is 5.95. The smallest absolute Gasteiger partial charge is 0.255 e. The summed E-state index contributed by atoms with van der Waals surface area (Å²) < 4.78 is 13.4. The maximum atomic E-state index is 13.4. The molecular weight excluding hydrogens is 223 g/mol. The van der Waals surface area contributed by atoms with Gasteiger partial charge >= 0.3 is 0 Å². The van der Waals surface area contributed by atoms with Crippen molar-refractivity contribution in [2.24, 2.45) is 0 Å². The van der Waals surface area contributed by atoms with E-state index in [0.717, 1.165) is 6.07 Å². The molecule has 90 valence electrons. The third-order valence-corrected chi connectivity index (χ3v) is 2.54. The predicted octanol–water partition coefficient (Wildman–Crippen LogP) is 1.95. The average Bonchev–Trinajstić information content (AvgIpc) is 2.28. The van der Waals surface area contributed by atoms with E-state index in [1.165, 1.54) is 12.1 Å². The van der Waals surface area contributed by atoms with Crippen molar-refractivity contribution in [1.29, 1.82) is 5.26 Å². The number of phenols is 1. The quantitative estimate of drug-likeness (QED) is 0.842. The summed E-state index contributed by atoms with van der Waals surface area (Å²) >= 11 is 0. The minimum absolute atomic E-state index is 0.197. The number of nitrogens with zero attached hydrogens (tertiary/aromatic N) is 1. The number of nitrogens with one attached hydrogen (secondary N) is 1. The number of hydrogen-bond acceptors (Lipinski definition) is 3. The molecule has 0 bridgehead atoms. The fraction of sp³-hybridized carbons (Fsp3) is 0.333. The number of rotatable bonds is 3. The summed E-state index contributed by atoms with van der Waals surface area (Å²) in [5.41, 5.74) is -1.22. The van der Waals surface area contributed by atoms with Crippen LogP contribution in [0.5, 0.6) is 5.75 Å². The minimum Gasteiger partial charge on any atom is -0.508 e. The Hall–Kier alpha value is -2.09. The Labute approximate surface area is 98.7 Å². The number of benzene rings is 1. The molecule has 0 aliphatic carbocycles. The summed E-state index contributed by atoms with van der Waals surface area (Å²) in [4.78, 5) is 11.7. The van der Waals surface area contributed by atoms with Crippen molar-refractivity contribution >= 4 is 5.91 Å². The van der Waals surface area contributed by atoms with Crippen molar-refractivity contribution in [2.75, 3.05) is 0 Å². The van der Waals surface area contributed by atoms with E-state index in [4.69, 9.17) is 10.4 Å². The molecule has 1 unspecified atom stereocenters. The lowest BCUT2D eigenvalue weighted by atomic mass is 10.0. The lowest BCUT2D eigenvalue weighted by Crippen LogP contribution is -2.44. The fourth-order valence-electron chi connectivity index (χ4n) is 1.20. The van der Waals surface area contributed by atoms with E-state index < -0.39 is 17.3 Å². The van der Waals surface area contributed by atoms with E-state index in [1.807, 2.05) is 6.07 Å². The number of hydrogen-bond donors (Lipinski definition) is 2. The zero-order valence-corrected chi connectivity index (χ0v) is 9.62. The van der Waals surface area contributed by atoms with E-state index in [-0.39, 0.29) is 11.3 Å². The Morgan fingerprint density at radius 1 is 1.65 bits per heavy atom.